The Hall–Kier alpha value is -1.58. The van der Waals surface area contributed by atoms with Gasteiger partial charge in [-0.05, 0) is 19.9 Å². The number of amides is 1. The maximum Gasteiger partial charge on any atom is 0.246 e. The summed E-state index contributed by atoms with van der Waals surface area (Å²) >= 11 is 0. The molecule has 1 amide bonds. The highest BCUT2D eigenvalue weighted by Crippen LogP contribution is 2.00. The van der Waals surface area contributed by atoms with Crippen LogP contribution < -0.4 is 0 Å². The minimum Gasteiger partial charge on any atom is -0.340 e. The van der Waals surface area contributed by atoms with Crippen LogP contribution in [0.1, 0.15) is 19.4 Å². The fraction of sp³-hybridized carbons (Fsp3) is 0.455. The average Bonchev–Trinajstić information content (AvgIpc) is 2.63. The van der Waals surface area contributed by atoms with Gasteiger partial charge >= 0.3 is 0 Å². The molecule has 0 spiro atoms. The first-order valence-corrected chi connectivity index (χ1v) is 5.13. The first-order chi connectivity index (χ1) is 7.17. The van der Waals surface area contributed by atoms with E-state index >= 15 is 0 Å². The van der Waals surface area contributed by atoms with E-state index in [-0.39, 0.29) is 5.91 Å². The van der Waals surface area contributed by atoms with Crippen molar-refractivity contribution >= 4 is 12.0 Å². The maximum atomic E-state index is 11.6. The van der Waals surface area contributed by atoms with Crippen molar-refractivity contribution in [2.45, 2.75) is 13.8 Å². The number of carbonyl (C=O) groups excluding carboxylic acids is 1. The molecule has 0 saturated carbocycles. The molecular formula is C11H17N3O. The van der Waals surface area contributed by atoms with E-state index in [1.165, 1.54) is 0 Å². The van der Waals surface area contributed by atoms with E-state index in [0.29, 0.717) is 0 Å². The fourth-order valence-corrected chi connectivity index (χ4v) is 1.33. The molecular weight excluding hydrogens is 190 g/mol. The zero-order valence-corrected chi connectivity index (χ0v) is 9.47. The van der Waals surface area contributed by atoms with Gasteiger partial charge in [-0.15, -0.1) is 0 Å². The summed E-state index contributed by atoms with van der Waals surface area (Å²) in [5.74, 6) is 0.0452. The number of aromatic nitrogens is 2. The van der Waals surface area contributed by atoms with E-state index < -0.39 is 0 Å². The standard InChI is InChI=1S/C11H17N3O/c1-4-14(5-2)11(15)7-6-10-8-12-13(3)9-10/h6-9H,4-5H2,1-3H3/b7-6+. The molecule has 1 rings (SSSR count). The summed E-state index contributed by atoms with van der Waals surface area (Å²) in [4.78, 5) is 13.4. The zero-order chi connectivity index (χ0) is 11.3. The Labute approximate surface area is 90.2 Å². The smallest absolute Gasteiger partial charge is 0.246 e. The number of aryl methyl sites for hydroxylation is 1. The van der Waals surface area contributed by atoms with Crippen LogP contribution in [0.5, 0.6) is 0 Å². The van der Waals surface area contributed by atoms with Crippen molar-refractivity contribution in [2.75, 3.05) is 13.1 Å². The Kier molecular flexibility index (Phi) is 4.09. The molecule has 15 heavy (non-hydrogen) atoms. The molecule has 0 unspecified atom stereocenters. The van der Waals surface area contributed by atoms with Crippen molar-refractivity contribution in [3.05, 3.63) is 24.0 Å². The summed E-state index contributed by atoms with van der Waals surface area (Å²) in [6.07, 6.45) is 6.97. The lowest BCUT2D eigenvalue weighted by atomic mass is 10.3. The second-order valence-corrected chi connectivity index (χ2v) is 3.29. The van der Waals surface area contributed by atoms with Gasteiger partial charge in [0.05, 0.1) is 6.20 Å². The van der Waals surface area contributed by atoms with E-state index in [9.17, 15) is 4.79 Å². The number of likely N-dealkylation sites (N-methyl/N-ethyl adjacent to an activating group) is 1. The molecule has 0 atom stereocenters. The van der Waals surface area contributed by atoms with E-state index in [1.807, 2.05) is 27.1 Å². The molecule has 0 aliphatic heterocycles. The Balaban J connectivity index is 2.61. The minimum atomic E-state index is 0.0452. The lowest BCUT2D eigenvalue weighted by molar-refractivity contribution is -0.125. The molecule has 1 heterocycles. The van der Waals surface area contributed by atoms with Gasteiger partial charge in [0.1, 0.15) is 0 Å². The first kappa shape index (κ1) is 11.5. The van der Waals surface area contributed by atoms with Crippen molar-refractivity contribution in [1.82, 2.24) is 14.7 Å². The van der Waals surface area contributed by atoms with Crippen LogP contribution in [0.3, 0.4) is 0 Å². The topological polar surface area (TPSA) is 38.1 Å². The summed E-state index contributed by atoms with van der Waals surface area (Å²) in [6, 6.07) is 0. The highest BCUT2D eigenvalue weighted by atomic mass is 16.2. The predicted octanol–water partition coefficient (Wildman–Crippen LogP) is 1.30. The summed E-state index contributed by atoms with van der Waals surface area (Å²) in [6.45, 7) is 5.43. The van der Waals surface area contributed by atoms with Crippen LogP contribution in [0.4, 0.5) is 0 Å². The van der Waals surface area contributed by atoms with Gasteiger partial charge in [0.2, 0.25) is 5.91 Å². The SMILES string of the molecule is CCN(CC)C(=O)/C=C/c1cnn(C)c1. The van der Waals surface area contributed by atoms with Crippen LogP contribution in [-0.2, 0) is 11.8 Å². The number of rotatable bonds is 4. The molecule has 4 nitrogen and oxygen atoms in total. The van der Waals surface area contributed by atoms with E-state index in [2.05, 4.69) is 5.10 Å². The molecule has 0 bridgehead atoms. The Morgan fingerprint density at radius 2 is 2.20 bits per heavy atom. The lowest BCUT2D eigenvalue weighted by Crippen LogP contribution is -2.28. The highest BCUT2D eigenvalue weighted by molar-refractivity contribution is 5.91. The molecule has 0 aromatic carbocycles. The quantitative estimate of drug-likeness (QED) is 0.698. The van der Waals surface area contributed by atoms with E-state index in [4.69, 9.17) is 0 Å². The zero-order valence-electron chi connectivity index (χ0n) is 9.47. The number of nitrogens with zero attached hydrogens (tertiary/aromatic N) is 3. The van der Waals surface area contributed by atoms with Crippen molar-refractivity contribution in [3.8, 4) is 0 Å². The first-order valence-electron chi connectivity index (χ1n) is 5.13. The van der Waals surface area contributed by atoms with Crippen molar-refractivity contribution in [2.24, 2.45) is 7.05 Å². The van der Waals surface area contributed by atoms with Crippen LogP contribution in [0, 0.1) is 0 Å². The Morgan fingerprint density at radius 1 is 1.53 bits per heavy atom. The van der Waals surface area contributed by atoms with Crippen molar-refractivity contribution < 1.29 is 4.79 Å². The fourth-order valence-electron chi connectivity index (χ4n) is 1.33. The van der Waals surface area contributed by atoms with Gasteiger partial charge in [-0.25, -0.2) is 0 Å². The molecule has 82 valence electrons. The van der Waals surface area contributed by atoms with Gasteiger partial charge in [-0.2, -0.15) is 5.10 Å². The summed E-state index contributed by atoms with van der Waals surface area (Å²) in [5, 5.41) is 4.02. The average molecular weight is 207 g/mol. The third kappa shape index (κ3) is 3.23. The van der Waals surface area contributed by atoms with Crippen LogP contribution >= 0.6 is 0 Å². The van der Waals surface area contributed by atoms with Gasteiger partial charge < -0.3 is 4.90 Å². The molecule has 0 aliphatic rings. The third-order valence-electron chi connectivity index (χ3n) is 2.22. The minimum absolute atomic E-state index is 0.0452. The van der Waals surface area contributed by atoms with Crippen LogP contribution in [-0.4, -0.2) is 33.7 Å². The number of hydrogen-bond acceptors (Lipinski definition) is 2. The summed E-state index contributed by atoms with van der Waals surface area (Å²) in [5.41, 5.74) is 0.943. The molecule has 1 aromatic heterocycles. The van der Waals surface area contributed by atoms with Crippen LogP contribution in [0.25, 0.3) is 6.08 Å². The molecule has 0 fully saturated rings. The highest BCUT2D eigenvalue weighted by Gasteiger charge is 2.04. The molecule has 4 heteroatoms. The van der Waals surface area contributed by atoms with Crippen molar-refractivity contribution in [1.29, 1.82) is 0 Å². The normalized spacial score (nSPS) is 10.9. The maximum absolute atomic E-state index is 11.6. The summed E-state index contributed by atoms with van der Waals surface area (Å²) in [7, 11) is 1.85. The number of carbonyl (C=O) groups is 1. The van der Waals surface area contributed by atoms with Gasteiger partial charge in [0, 0.05) is 38.0 Å². The molecule has 0 aliphatic carbocycles. The largest absolute Gasteiger partial charge is 0.340 e. The number of hydrogen-bond donors (Lipinski definition) is 0. The monoisotopic (exact) mass is 207 g/mol. The molecule has 1 aromatic rings. The van der Waals surface area contributed by atoms with Crippen LogP contribution in [0.15, 0.2) is 18.5 Å². The lowest BCUT2D eigenvalue weighted by Gasteiger charge is -2.15. The Bertz CT molecular complexity index is 350. The molecule has 0 radical (unpaired) electrons. The van der Waals surface area contributed by atoms with E-state index in [1.54, 1.807) is 27.9 Å². The molecule has 0 saturated heterocycles. The van der Waals surface area contributed by atoms with Gasteiger partial charge in [-0.1, -0.05) is 0 Å². The summed E-state index contributed by atoms with van der Waals surface area (Å²) < 4.78 is 1.71. The van der Waals surface area contributed by atoms with Crippen LogP contribution in [0.2, 0.25) is 0 Å². The second-order valence-electron chi connectivity index (χ2n) is 3.29. The Morgan fingerprint density at radius 3 is 2.67 bits per heavy atom. The third-order valence-corrected chi connectivity index (χ3v) is 2.22. The molecule has 0 N–H and O–H groups in total. The van der Waals surface area contributed by atoms with E-state index in [0.717, 1.165) is 18.7 Å². The predicted molar refractivity (Wildman–Crippen MR) is 60.2 cm³/mol. The van der Waals surface area contributed by atoms with Gasteiger partial charge in [0.25, 0.3) is 0 Å². The second kappa shape index (κ2) is 5.34. The van der Waals surface area contributed by atoms with Crippen molar-refractivity contribution in [3.63, 3.8) is 0 Å². The van der Waals surface area contributed by atoms with Gasteiger partial charge in [0.15, 0.2) is 0 Å². The van der Waals surface area contributed by atoms with Gasteiger partial charge in [-0.3, -0.25) is 9.48 Å².